The average Bonchev–Trinajstić information content (AvgIpc) is 2.69. The van der Waals surface area contributed by atoms with E-state index in [-0.39, 0.29) is 20.9 Å². The van der Waals surface area contributed by atoms with Gasteiger partial charge in [-0.2, -0.15) is 5.26 Å². The van der Waals surface area contributed by atoms with Gasteiger partial charge in [0, 0.05) is 8.80 Å². The number of esters is 1. The Morgan fingerprint density at radius 1 is 1.08 bits per heavy atom. The number of benzene rings is 1. The van der Waals surface area contributed by atoms with Crippen LogP contribution in [0.1, 0.15) is 67.8 Å². The Balaban J connectivity index is 1.42. The van der Waals surface area contributed by atoms with Crippen molar-refractivity contribution in [3.63, 3.8) is 0 Å². The molecule has 1 heterocycles. The van der Waals surface area contributed by atoms with Crippen LogP contribution < -0.4 is 0 Å². The molecule has 0 amide bonds. The van der Waals surface area contributed by atoms with Crippen molar-refractivity contribution in [1.82, 2.24) is 0 Å². The number of carbonyl (C=O) groups excluding carboxylic acids is 1. The largest absolute Gasteiger partial charge is 0.459 e. The van der Waals surface area contributed by atoms with Crippen molar-refractivity contribution >= 4 is 14.8 Å². The van der Waals surface area contributed by atoms with E-state index in [2.05, 4.69) is 13.0 Å². The first-order valence-corrected chi connectivity index (χ1v) is 12.9. The highest BCUT2D eigenvalue weighted by Gasteiger charge is 2.32. The van der Waals surface area contributed by atoms with Crippen molar-refractivity contribution in [1.29, 1.82) is 5.26 Å². The van der Waals surface area contributed by atoms with Crippen LogP contribution in [0, 0.1) is 23.2 Å². The number of hydrogen-bond acceptors (Lipinski definition) is 3. The zero-order valence-electron chi connectivity index (χ0n) is 16.0. The second kappa shape index (κ2) is 9.37. The maximum Gasteiger partial charge on any atom is 0.338 e. The SMILES string of the molecule is CCC[SiH]1CCC(C2CCC(OC(=O)c3ccc(C#N)cc3)CC2)CC1. The van der Waals surface area contributed by atoms with E-state index in [4.69, 9.17) is 10.00 Å². The Hall–Kier alpha value is -1.60. The topological polar surface area (TPSA) is 50.1 Å². The minimum atomic E-state index is -0.382. The zero-order chi connectivity index (χ0) is 18.4. The predicted octanol–water partition coefficient (Wildman–Crippen LogP) is 5.32. The van der Waals surface area contributed by atoms with Crippen LogP contribution in [-0.4, -0.2) is 20.9 Å². The predicted molar refractivity (Wildman–Crippen MR) is 107 cm³/mol. The summed E-state index contributed by atoms with van der Waals surface area (Å²) in [5, 5.41) is 8.84. The molecular weight excluding hydrogens is 338 g/mol. The van der Waals surface area contributed by atoms with Gasteiger partial charge in [-0.25, -0.2) is 4.79 Å². The van der Waals surface area contributed by atoms with E-state index in [0.717, 1.165) is 24.7 Å². The van der Waals surface area contributed by atoms with Crippen LogP contribution in [-0.2, 0) is 4.74 Å². The second-order valence-corrected chi connectivity index (χ2v) is 11.7. The summed E-state index contributed by atoms with van der Waals surface area (Å²) in [5.41, 5.74) is 1.11. The highest BCUT2D eigenvalue weighted by Crippen LogP contribution is 2.40. The fourth-order valence-corrected chi connectivity index (χ4v) is 8.42. The van der Waals surface area contributed by atoms with Gasteiger partial charge in [-0.1, -0.05) is 44.3 Å². The molecule has 0 aromatic heterocycles. The van der Waals surface area contributed by atoms with Crippen molar-refractivity contribution in [2.24, 2.45) is 11.8 Å². The summed E-state index contributed by atoms with van der Waals surface area (Å²) in [6.07, 6.45) is 8.86. The molecular formula is C22H31NO2Si. The van der Waals surface area contributed by atoms with Gasteiger partial charge < -0.3 is 4.74 Å². The minimum Gasteiger partial charge on any atom is -0.459 e. The van der Waals surface area contributed by atoms with Crippen LogP contribution in [0.15, 0.2) is 24.3 Å². The van der Waals surface area contributed by atoms with Crippen molar-refractivity contribution in [2.45, 2.75) is 76.1 Å². The summed E-state index contributed by atoms with van der Waals surface area (Å²) < 4.78 is 5.72. The molecule has 2 fully saturated rings. The average molecular weight is 370 g/mol. The molecule has 3 nitrogen and oxygen atoms in total. The molecule has 1 saturated carbocycles. The van der Waals surface area contributed by atoms with Crippen molar-refractivity contribution < 1.29 is 9.53 Å². The number of nitriles is 1. The van der Waals surface area contributed by atoms with E-state index in [9.17, 15) is 4.79 Å². The van der Waals surface area contributed by atoms with E-state index in [1.807, 2.05) is 0 Å². The quantitative estimate of drug-likeness (QED) is 0.521. The Kier molecular flexibility index (Phi) is 6.91. The van der Waals surface area contributed by atoms with E-state index < -0.39 is 0 Å². The summed E-state index contributed by atoms with van der Waals surface area (Å²) in [6.45, 7) is 2.33. The zero-order valence-corrected chi connectivity index (χ0v) is 17.1. The van der Waals surface area contributed by atoms with Crippen LogP contribution in [0.3, 0.4) is 0 Å². The van der Waals surface area contributed by atoms with Crippen molar-refractivity contribution in [3.8, 4) is 6.07 Å². The highest BCUT2D eigenvalue weighted by molar-refractivity contribution is 6.58. The molecule has 1 aromatic rings. The molecule has 1 saturated heterocycles. The molecule has 26 heavy (non-hydrogen) atoms. The number of rotatable bonds is 5. The van der Waals surface area contributed by atoms with Gasteiger partial charge in [0.15, 0.2) is 0 Å². The van der Waals surface area contributed by atoms with Gasteiger partial charge in [0.1, 0.15) is 6.10 Å². The highest BCUT2D eigenvalue weighted by atomic mass is 28.3. The van der Waals surface area contributed by atoms with Crippen LogP contribution in [0.2, 0.25) is 18.1 Å². The molecule has 1 aliphatic carbocycles. The Bertz CT molecular complexity index is 621. The molecule has 140 valence electrons. The van der Waals surface area contributed by atoms with E-state index in [1.54, 1.807) is 42.4 Å². The van der Waals surface area contributed by atoms with Gasteiger partial charge in [-0.3, -0.25) is 0 Å². The van der Waals surface area contributed by atoms with Gasteiger partial charge in [0.25, 0.3) is 0 Å². The van der Waals surface area contributed by atoms with Gasteiger partial charge >= 0.3 is 5.97 Å². The van der Waals surface area contributed by atoms with E-state index >= 15 is 0 Å². The lowest BCUT2D eigenvalue weighted by atomic mass is 9.76. The number of hydrogen-bond donors (Lipinski definition) is 0. The lowest BCUT2D eigenvalue weighted by Crippen LogP contribution is -2.31. The first-order chi connectivity index (χ1) is 12.7. The molecule has 0 radical (unpaired) electrons. The maximum atomic E-state index is 12.3. The number of ether oxygens (including phenoxy) is 1. The van der Waals surface area contributed by atoms with Crippen LogP contribution >= 0.6 is 0 Å². The molecule has 0 bridgehead atoms. The molecule has 0 spiro atoms. The summed E-state index contributed by atoms with van der Waals surface area (Å²) in [7, 11) is -0.382. The van der Waals surface area contributed by atoms with Crippen molar-refractivity contribution in [3.05, 3.63) is 35.4 Å². The van der Waals surface area contributed by atoms with E-state index in [0.29, 0.717) is 11.1 Å². The molecule has 1 aromatic carbocycles. The second-order valence-electron chi connectivity index (χ2n) is 8.20. The third-order valence-electron chi connectivity index (χ3n) is 6.50. The normalized spacial score (nSPS) is 28.9. The smallest absolute Gasteiger partial charge is 0.338 e. The molecule has 3 rings (SSSR count). The minimum absolute atomic E-state index is 0.0696. The van der Waals surface area contributed by atoms with Crippen LogP contribution in [0.5, 0.6) is 0 Å². The number of carbonyl (C=O) groups is 1. The molecule has 0 N–H and O–H groups in total. The van der Waals surface area contributed by atoms with Gasteiger partial charge in [0.05, 0.1) is 17.2 Å². The van der Waals surface area contributed by atoms with Gasteiger partial charge in [-0.05, 0) is 61.8 Å². The van der Waals surface area contributed by atoms with Crippen LogP contribution in [0.25, 0.3) is 0 Å². The van der Waals surface area contributed by atoms with Gasteiger partial charge in [-0.15, -0.1) is 0 Å². The maximum absolute atomic E-state index is 12.3. The standard InChI is InChI=1S/C22H31NO2Si/c1-2-13-26-14-11-19(12-15-26)18-7-9-21(10-8-18)25-22(24)20-5-3-17(16-23)4-6-20/h3-6,18-19,21,26H,2,7-15H2,1H3. The summed E-state index contributed by atoms with van der Waals surface area (Å²) >= 11 is 0. The van der Waals surface area contributed by atoms with E-state index in [1.165, 1.54) is 32.1 Å². The number of nitrogens with zero attached hydrogens (tertiary/aromatic N) is 1. The Morgan fingerprint density at radius 3 is 2.27 bits per heavy atom. The monoisotopic (exact) mass is 369 g/mol. The molecule has 0 atom stereocenters. The molecule has 2 aliphatic rings. The van der Waals surface area contributed by atoms with Crippen LogP contribution in [0.4, 0.5) is 0 Å². The molecule has 4 heteroatoms. The fourth-order valence-electron chi connectivity index (χ4n) is 4.93. The lowest BCUT2D eigenvalue weighted by molar-refractivity contribution is 0.0127. The van der Waals surface area contributed by atoms with Crippen molar-refractivity contribution in [2.75, 3.05) is 0 Å². The first kappa shape index (κ1) is 19.2. The fraction of sp³-hybridized carbons (Fsp3) is 0.636. The third kappa shape index (κ3) is 4.98. The summed E-state index contributed by atoms with van der Waals surface area (Å²) in [6, 6.07) is 13.5. The Labute approximate surface area is 159 Å². The molecule has 1 aliphatic heterocycles. The summed E-state index contributed by atoms with van der Waals surface area (Å²) in [4.78, 5) is 12.3. The Morgan fingerprint density at radius 2 is 1.69 bits per heavy atom. The first-order valence-electron chi connectivity index (χ1n) is 10.4. The summed E-state index contributed by atoms with van der Waals surface area (Å²) in [5.74, 6) is 1.55. The lowest BCUT2D eigenvalue weighted by Gasteiger charge is -2.37. The van der Waals surface area contributed by atoms with Gasteiger partial charge in [0.2, 0.25) is 0 Å². The third-order valence-corrected chi connectivity index (χ3v) is 10.2. The molecule has 0 unspecified atom stereocenters.